The number of ether oxygens (including phenoxy) is 3. The summed E-state index contributed by atoms with van der Waals surface area (Å²) in [6, 6.07) is 7.74. The average Bonchev–Trinajstić information content (AvgIpc) is 2.39. The standard InChI is InChI=1S/C15H20O3/c1-5-13-15(2,3)10-17-14(18-13)11-6-8-12(16-4)9-7-11/h5-9,13-14H,1,10H2,2-4H3/t13-,14+/m1/s1. The Morgan fingerprint density at radius 1 is 1.33 bits per heavy atom. The highest BCUT2D eigenvalue weighted by Crippen LogP contribution is 2.37. The van der Waals surface area contributed by atoms with E-state index < -0.39 is 0 Å². The first-order valence-corrected chi connectivity index (χ1v) is 6.10. The van der Waals surface area contributed by atoms with Crippen LogP contribution in [0.25, 0.3) is 0 Å². The summed E-state index contributed by atoms with van der Waals surface area (Å²) in [7, 11) is 1.65. The minimum Gasteiger partial charge on any atom is -0.497 e. The molecule has 1 saturated heterocycles. The van der Waals surface area contributed by atoms with Crippen molar-refractivity contribution in [2.75, 3.05) is 13.7 Å². The Balaban J connectivity index is 2.12. The van der Waals surface area contributed by atoms with Crippen LogP contribution in [0.2, 0.25) is 0 Å². The van der Waals surface area contributed by atoms with Gasteiger partial charge < -0.3 is 14.2 Å². The van der Waals surface area contributed by atoms with E-state index in [0.717, 1.165) is 11.3 Å². The second kappa shape index (κ2) is 5.12. The summed E-state index contributed by atoms with van der Waals surface area (Å²) in [5.41, 5.74) is 0.961. The van der Waals surface area contributed by atoms with Crippen LogP contribution in [0.1, 0.15) is 25.7 Å². The summed E-state index contributed by atoms with van der Waals surface area (Å²) in [6.07, 6.45) is 1.52. The van der Waals surface area contributed by atoms with E-state index in [9.17, 15) is 0 Å². The number of rotatable bonds is 3. The summed E-state index contributed by atoms with van der Waals surface area (Å²) < 4.78 is 16.8. The van der Waals surface area contributed by atoms with E-state index in [-0.39, 0.29) is 17.8 Å². The summed E-state index contributed by atoms with van der Waals surface area (Å²) in [4.78, 5) is 0. The molecule has 2 atom stereocenters. The molecular weight excluding hydrogens is 228 g/mol. The lowest BCUT2D eigenvalue weighted by Gasteiger charge is -2.40. The van der Waals surface area contributed by atoms with Gasteiger partial charge in [-0.2, -0.15) is 0 Å². The molecule has 1 aliphatic rings. The van der Waals surface area contributed by atoms with Crippen LogP contribution in [0.15, 0.2) is 36.9 Å². The van der Waals surface area contributed by atoms with Gasteiger partial charge in [0.25, 0.3) is 0 Å². The Hall–Kier alpha value is -1.32. The molecule has 98 valence electrons. The average molecular weight is 248 g/mol. The maximum atomic E-state index is 5.93. The first-order chi connectivity index (χ1) is 8.56. The largest absolute Gasteiger partial charge is 0.497 e. The van der Waals surface area contributed by atoms with Gasteiger partial charge in [0.15, 0.2) is 6.29 Å². The van der Waals surface area contributed by atoms with Crippen molar-refractivity contribution in [2.24, 2.45) is 5.41 Å². The smallest absolute Gasteiger partial charge is 0.184 e. The molecule has 0 radical (unpaired) electrons. The highest BCUT2D eigenvalue weighted by atomic mass is 16.7. The van der Waals surface area contributed by atoms with Crippen molar-refractivity contribution in [3.63, 3.8) is 0 Å². The lowest BCUT2D eigenvalue weighted by Crippen LogP contribution is -2.41. The van der Waals surface area contributed by atoms with E-state index in [1.165, 1.54) is 0 Å². The van der Waals surface area contributed by atoms with Gasteiger partial charge in [0, 0.05) is 11.0 Å². The summed E-state index contributed by atoms with van der Waals surface area (Å²) >= 11 is 0. The molecule has 2 rings (SSSR count). The third-order valence-corrected chi connectivity index (χ3v) is 3.25. The van der Waals surface area contributed by atoms with E-state index in [2.05, 4.69) is 20.4 Å². The van der Waals surface area contributed by atoms with Crippen LogP contribution in [0, 0.1) is 5.41 Å². The SMILES string of the molecule is C=C[C@H]1O[C@@H](c2ccc(OC)cc2)OCC1(C)C. The predicted molar refractivity (Wildman–Crippen MR) is 70.5 cm³/mol. The molecule has 3 nitrogen and oxygen atoms in total. The van der Waals surface area contributed by atoms with Crippen LogP contribution in [0.4, 0.5) is 0 Å². The molecule has 1 heterocycles. The third kappa shape index (κ3) is 2.57. The molecule has 1 aromatic carbocycles. The molecule has 0 spiro atoms. The van der Waals surface area contributed by atoms with Gasteiger partial charge in [-0.1, -0.05) is 32.1 Å². The van der Waals surface area contributed by atoms with E-state index in [1.54, 1.807) is 7.11 Å². The van der Waals surface area contributed by atoms with Gasteiger partial charge >= 0.3 is 0 Å². The number of hydrogen-bond donors (Lipinski definition) is 0. The molecule has 0 aromatic heterocycles. The quantitative estimate of drug-likeness (QED) is 0.768. The summed E-state index contributed by atoms with van der Waals surface area (Å²) in [6.45, 7) is 8.72. The Labute approximate surface area is 108 Å². The topological polar surface area (TPSA) is 27.7 Å². The van der Waals surface area contributed by atoms with Crippen LogP contribution < -0.4 is 4.74 Å². The van der Waals surface area contributed by atoms with Gasteiger partial charge in [-0.15, -0.1) is 6.58 Å². The molecule has 0 aliphatic carbocycles. The Morgan fingerprint density at radius 2 is 2.00 bits per heavy atom. The highest BCUT2D eigenvalue weighted by Gasteiger charge is 2.36. The zero-order chi connectivity index (χ0) is 13.2. The molecule has 0 unspecified atom stereocenters. The van der Waals surface area contributed by atoms with Crippen LogP contribution in [-0.4, -0.2) is 19.8 Å². The molecule has 0 amide bonds. The summed E-state index contributed by atoms with van der Waals surface area (Å²) in [5, 5.41) is 0. The maximum Gasteiger partial charge on any atom is 0.184 e. The lowest BCUT2D eigenvalue weighted by molar-refractivity contribution is -0.250. The minimum absolute atomic E-state index is 0.00153. The van der Waals surface area contributed by atoms with Crippen LogP contribution in [0.5, 0.6) is 5.75 Å². The van der Waals surface area contributed by atoms with Crippen LogP contribution >= 0.6 is 0 Å². The zero-order valence-electron chi connectivity index (χ0n) is 11.2. The van der Waals surface area contributed by atoms with Crippen LogP contribution in [0.3, 0.4) is 0 Å². The molecule has 18 heavy (non-hydrogen) atoms. The third-order valence-electron chi connectivity index (χ3n) is 3.25. The van der Waals surface area contributed by atoms with E-state index in [1.807, 2.05) is 30.3 Å². The van der Waals surface area contributed by atoms with E-state index in [4.69, 9.17) is 14.2 Å². The fourth-order valence-corrected chi connectivity index (χ4v) is 2.04. The second-order valence-electron chi connectivity index (χ2n) is 5.20. The number of hydrogen-bond acceptors (Lipinski definition) is 3. The molecule has 0 saturated carbocycles. The maximum absolute atomic E-state index is 5.93. The molecule has 1 aromatic rings. The van der Waals surface area contributed by atoms with Gasteiger partial charge in [0.2, 0.25) is 0 Å². The Bertz CT molecular complexity index is 408. The highest BCUT2D eigenvalue weighted by molar-refractivity contribution is 5.28. The van der Waals surface area contributed by atoms with Crippen molar-refractivity contribution < 1.29 is 14.2 Å². The van der Waals surface area contributed by atoms with Gasteiger partial charge in [-0.05, 0) is 12.1 Å². The first-order valence-electron chi connectivity index (χ1n) is 6.10. The van der Waals surface area contributed by atoms with Gasteiger partial charge in [0.1, 0.15) is 5.75 Å². The monoisotopic (exact) mass is 248 g/mol. The second-order valence-corrected chi connectivity index (χ2v) is 5.20. The molecule has 0 N–H and O–H groups in total. The van der Waals surface area contributed by atoms with Crippen LogP contribution in [-0.2, 0) is 9.47 Å². The number of methoxy groups -OCH3 is 1. The Morgan fingerprint density at radius 3 is 2.56 bits per heavy atom. The fourth-order valence-electron chi connectivity index (χ4n) is 2.04. The molecule has 1 fully saturated rings. The van der Waals surface area contributed by atoms with Gasteiger partial charge in [-0.3, -0.25) is 0 Å². The predicted octanol–water partition coefficient (Wildman–Crippen LogP) is 3.32. The molecule has 1 aliphatic heterocycles. The van der Waals surface area contributed by atoms with Crippen molar-refractivity contribution in [2.45, 2.75) is 26.2 Å². The van der Waals surface area contributed by atoms with Crippen molar-refractivity contribution in [1.29, 1.82) is 0 Å². The normalized spacial score (nSPS) is 26.6. The van der Waals surface area contributed by atoms with Crippen molar-refractivity contribution in [3.8, 4) is 5.75 Å². The first kappa shape index (κ1) is 13.1. The molecule has 3 heteroatoms. The lowest BCUT2D eigenvalue weighted by atomic mass is 9.86. The Kier molecular flexibility index (Phi) is 3.73. The van der Waals surface area contributed by atoms with Crippen molar-refractivity contribution in [1.82, 2.24) is 0 Å². The number of benzene rings is 1. The van der Waals surface area contributed by atoms with Crippen molar-refractivity contribution in [3.05, 3.63) is 42.5 Å². The molecular formula is C15H20O3. The van der Waals surface area contributed by atoms with Crippen molar-refractivity contribution >= 4 is 0 Å². The zero-order valence-corrected chi connectivity index (χ0v) is 11.2. The molecule has 0 bridgehead atoms. The minimum atomic E-state index is -0.327. The van der Waals surface area contributed by atoms with E-state index in [0.29, 0.717) is 6.61 Å². The van der Waals surface area contributed by atoms with Gasteiger partial charge in [0.05, 0.1) is 19.8 Å². The summed E-state index contributed by atoms with van der Waals surface area (Å²) in [5.74, 6) is 0.829. The van der Waals surface area contributed by atoms with Gasteiger partial charge in [-0.25, -0.2) is 0 Å². The van der Waals surface area contributed by atoms with E-state index >= 15 is 0 Å². The fraction of sp³-hybridized carbons (Fsp3) is 0.467.